The highest BCUT2D eigenvalue weighted by Crippen LogP contribution is 2.24. The summed E-state index contributed by atoms with van der Waals surface area (Å²) >= 11 is 0. The van der Waals surface area contributed by atoms with Crippen molar-refractivity contribution in [2.24, 2.45) is 0 Å². The Morgan fingerprint density at radius 1 is 1.00 bits per heavy atom. The molecule has 1 aromatic rings. The first-order valence-electron chi connectivity index (χ1n) is 12.8. The molecule has 0 aromatic heterocycles. The number of halogens is 2. The number of carbonyl (C=O) groups excluding carboxylic acids is 1. The average Bonchev–Trinajstić information content (AvgIpc) is 3.06. The number of unbranched alkanes of at least 4 members (excludes halogenated alkanes) is 3. The van der Waals surface area contributed by atoms with Gasteiger partial charge in [-0.25, -0.2) is 4.79 Å². The van der Waals surface area contributed by atoms with Crippen LogP contribution in [0, 0.1) is 0 Å². The molecule has 1 heterocycles. The summed E-state index contributed by atoms with van der Waals surface area (Å²) in [5.41, 5.74) is 0.671. The Balaban J connectivity index is 0.00000544. The molecule has 0 spiro atoms. The van der Waals surface area contributed by atoms with Crippen LogP contribution in [0.15, 0.2) is 24.3 Å². The van der Waals surface area contributed by atoms with Crippen LogP contribution in [0.25, 0.3) is 0 Å². The standard InChI is InChI=1S/C26H45N3O3.2ClH/c1-4-7-8-15-20-31-25-17-12-11-16-24(25)27-26(30)32-23(21-28(5-2)6-3)22-29-18-13-9-10-14-19-29;;/h11-12,16-17,23H,4-10,13-15,18-22H2,1-3H3,(H,27,30);2*1H. The Labute approximate surface area is 219 Å². The Morgan fingerprint density at radius 3 is 2.32 bits per heavy atom. The molecule has 1 saturated heterocycles. The predicted octanol–water partition coefficient (Wildman–Crippen LogP) is 6.62. The van der Waals surface area contributed by atoms with Gasteiger partial charge < -0.3 is 14.4 Å². The summed E-state index contributed by atoms with van der Waals surface area (Å²) in [6.07, 6.45) is 9.11. The molecule has 0 bridgehead atoms. The third kappa shape index (κ3) is 13.0. The van der Waals surface area contributed by atoms with E-state index in [2.05, 4.69) is 35.9 Å². The molecule has 1 unspecified atom stereocenters. The number of hydrogen-bond donors (Lipinski definition) is 1. The molecular formula is C26H47Cl2N3O3. The molecule has 2 rings (SSSR count). The van der Waals surface area contributed by atoms with E-state index in [1.54, 1.807) is 0 Å². The molecule has 1 aliphatic rings. The van der Waals surface area contributed by atoms with Gasteiger partial charge in [0, 0.05) is 13.1 Å². The number of benzene rings is 1. The zero-order chi connectivity index (χ0) is 23.0. The SMILES string of the molecule is CCCCCCOc1ccccc1NC(=O)OC(CN(CC)CC)CN1CCCCCC1.Cl.Cl. The van der Waals surface area contributed by atoms with Gasteiger partial charge in [-0.15, -0.1) is 24.8 Å². The van der Waals surface area contributed by atoms with Crippen molar-refractivity contribution in [3.63, 3.8) is 0 Å². The van der Waals surface area contributed by atoms with Crippen molar-refractivity contribution in [3.8, 4) is 5.75 Å². The lowest BCUT2D eigenvalue weighted by Crippen LogP contribution is -2.43. The number of likely N-dealkylation sites (N-methyl/N-ethyl adjacent to an activating group) is 1. The number of carbonyl (C=O) groups is 1. The van der Waals surface area contributed by atoms with Gasteiger partial charge in [-0.1, -0.05) is 65.0 Å². The number of likely N-dealkylation sites (tertiary alicyclic amines) is 1. The van der Waals surface area contributed by atoms with Gasteiger partial charge in [0.1, 0.15) is 11.9 Å². The summed E-state index contributed by atoms with van der Waals surface area (Å²) in [6.45, 7) is 12.8. The van der Waals surface area contributed by atoms with Crippen LogP contribution in [-0.2, 0) is 4.74 Å². The Morgan fingerprint density at radius 2 is 1.68 bits per heavy atom. The second-order valence-electron chi connectivity index (χ2n) is 8.76. The van der Waals surface area contributed by atoms with Crippen LogP contribution in [-0.4, -0.2) is 67.9 Å². The van der Waals surface area contributed by atoms with Crippen molar-refractivity contribution in [3.05, 3.63) is 24.3 Å². The second kappa shape index (κ2) is 20.0. The lowest BCUT2D eigenvalue weighted by atomic mass is 10.2. The number of nitrogens with one attached hydrogen (secondary N) is 1. The quantitative estimate of drug-likeness (QED) is 0.279. The summed E-state index contributed by atoms with van der Waals surface area (Å²) in [6, 6.07) is 7.61. The van der Waals surface area contributed by atoms with Crippen LogP contribution in [0.2, 0.25) is 0 Å². The van der Waals surface area contributed by atoms with E-state index in [9.17, 15) is 4.79 Å². The maximum absolute atomic E-state index is 12.8. The summed E-state index contributed by atoms with van der Waals surface area (Å²) in [7, 11) is 0. The number of hydrogen-bond acceptors (Lipinski definition) is 5. The summed E-state index contributed by atoms with van der Waals surface area (Å²) in [5, 5.41) is 2.93. The normalized spacial score (nSPS) is 14.9. The third-order valence-corrected chi connectivity index (χ3v) is 6.17. The van der Waals surface area contributed by atoms with E-state index in [0.29, 0.717) is 18.0 Å². The highest BCUT2D eigenvalue weighted by Gasteiger charge is 2.22. The minimum Gasteiger partial charge on any atom is -0.491 e. The fourth-order valence-corrected chi connectivity index (χ4v) is 4.21. The van der Waals surface area contributed by atoms with Crippen molar-refractivity contribution in [1.29, 1.82) is 0 Å². The van der Waals surface area contributed by atoms with Crippen molar-refractivity contribution in [2.75, 3.05) is 51.2 Å². The number of nitrogens with zero attached hydrogens (tertiary/aromatic N) is 2. The summed E-state index contributed by atoms with van der Waals surface area (Å²) in [5.74, 6) is 0.703. The third-order valence-electron chi connectivity index (χ3n) is 6.17. The first kappa shape index (κ1) is 32.8. The predicted molar refractivity (Wildman–Crippen MR) is 147 cm³/mol. The number of anilines is 1. The van der Waals surface area contributed by atoms with E-state index in [1.807, 2.05) is 24.3 Å². The monoisotopic (exact) mass is 519 g/mol. The number of amides is 1. The molecule has 1 atom stereocenters. The van der Waals surface area contributed by atoms with Gasteiger partial charge in [0.25, 0.3) is 0 Å². The molecule has 1 N–H and O–H groups in total. The van der Waals surface area contributed by atoms with Gasteiger partial charge >= 0.3 is 6.09 Å². The lowest BCUT2D eigenvalue weighted by molar-refractivity contribution is 0.0558. The minimum absolute atomic E-state index is 0. The van der Waals surface area contributed by atoms with E-state index in [-0.39, 0.29) is 30.9 Å². The molecule has 8 heteroatoms. The van der Waals surface area contributed by atoms with E-state index in [0.717, 1.165) is 52.1 Å². The smallest absolute Gasteiger partial charge is 0.412 e. The van der Waals surface area contributed by atoms with E-state index >= 15 is 0 Å². The van der Waals surface area contributed by atoms with Crippen molar-refractivity contribution >= 4 is 36.6 Å². The topological polar surface area (TPSA) is 54.0 Å². The van der Waals surface area contributed by atoms with E-state index in [4.69, 9.17) is 9.47 Å². The lowest BCUT2D eigenvalue weighted by Gasteiger charge is -2.30. The molecule has 1 amide bonds. The summed E-state index contributed by atoms with van der Waals surface area (Å²) < 4.78 is 11.9. The molecule has 1 aliphatic heterocycles. The summed E-state index contributed by atoms with van der Waals surface area (Å²) in [4.78, 5) is 17.6. The zero-order valence-corrected chi connectivity index (χ0v) is 23.1. The number of rotatable bonds is 14. The fraction of sp³-hybridized carbons (Fsp3) is 0.731. The zero-order valence-electron chi connectivity index (χ0n) is 21.4. The minimum atomic E-state index is -0.404. The largest absolute Gasteiger partial charge is 0.491 e. The first-order chi connectivity index (χ1) is 15.7. The van der Waals surface area contributed by atoms with Crippen LogP contribution in [0.4, 0.5) is 10.5 Å². The van der Waals surface area contributed by atoms with Gasteiger partial charge in [0.15, 0.2) is 0 Å². The van der Waals surface area contributed by atoms with Crippen molar-refractivity contribution in [2.45, 2.75) is 78.2 Å². The van der Waals surface area contributed by atoms with Crippen LogP contribution >= 0.6 is 24.8 Å². The maximum Gasteiger partial charge on any atom is 0.412 e. The van der Waals surface area contributed by atoms with Crippen LogP contribution in [0.3, 0.4) is 0 Å². The fourth-order valence-electron chi connectivity index (χ4n) is 4.21. The van der Waals surface area contributed by atoms with Crippen molar-refractivity contribution in [1.82, 2.24) is 9.80 Å². The molecule has 6 nitrogen and oxygen atoms in total. The molecule has 0 aliphatic carbocycles. The van der Waals surface area contributed by atoms with Gasteiger partial charge in [-0.3, -0.25) is 10.2 Å². The molecule has 198 valence electrons. The Hall–Kier alpha value is -1.21. The van der Waals surface area contributed by atoms with Crippen LogP contribution < -0.4 is 10.1 Å². The molecule has 0 radical (unpaired) electrons. The van der Waals surface area contributed by atoms with Crippen LogP contribution in [0.1, 0.15) is 72.1 Å². The van der Waals surface area contributed by atoms with Crippen LogP contribution in [0.5, 0.6) is 5.75 Å². The Bertz CT molecular complexity index is 639. The highest BCUT2D eigenvalue weighted by molar-refractivity contribution is 5.86. The molecular weight excluding hydrogens is 473 g/mol. The Kier molecular flexibility index (Phi) is 19.3. The van der Waals surface area contributed by atoms with Gasteiger partial charge in [-0.2, -0.15) is 0 Å². The number of ether oxygens (including phenoxy) is 2. The van der Waals surface area contributed by atoms with E-state index < -0.39 is 6.09 Å². The second-order valence-corrected chi connectivity index (χ2v) is 8.76. The van der Waals surface area contributed by atoms with Gasteiger partial charge in [0.2, 0.25) is 0 Å². The van der Waals surface area contributed by atoms with E-state index in [1.165, 1.54) is 38.5 Å². The molecule has 34 heavy (non-hydrogen) atoms. The highest BCUT2D eigenvalue weighted by atomic mass is 35.5. The molecule has 1 aromatic carbocycles. The van der Waals surface area contributed by atoms with Crippen molar-refractivity contribution < 1.29 is 14.3 Å². The van der Waals surface area contributed by atoms with Gasteiger partial charge in [-0.05, 0) is 57.6 Å². The maximum atomic E-state index is 12.8. The number of para-hydroxylation sites is 2. The van der Waals surface area contributed by atoms with Gasteiger partial charge in [0.05, 0.1) is 12.3 Å². The molecule has 0 saturated carbocycles. The average molecular weight is 521 g/mol. The first-order valence-corrected chi connectivity index (χ1v) is 12.8. The molecule has 1 fully saturated rings.